The van der Waals surface area contributed by atoms with E-state index in [0.29, 0.717) is 11.3 Å². The summed E-state index contributed by atoms with van der Waals surface area (Å²) in [4.78, 5) is 13.9. The Kier molecular flexibility index (Phi) is 4.41. The molecule has 3 rings (SSSR count). The van der Waals surface area contributed by atoms with Crippen molar-refractivity contribution in [1.82, 2.24) is 9.21 Å². The SMILES string of the molecule is Cc1ccc(F)c(S(=O)(=O)N2CSCC2C(=O)N(C)C2CC2)c1. The van der Waals surface area contributed by atoms with E-state index in [1.807, 2.05) is 0 Å². The zero-order valence-corrected chi connectivity index (χ0v) is 14.7. The quantitative estimate of drug-likeness (QED) is 0.824. The highest BCUT2D eigenvalue weighted by molar-refractivity contribution is 8.00. The standard InChI is InChI=1S/C15H19FN2O3S2/c1-10-3-6-12(16)14(7-10)23(20,21)18-9-22-8-13(18)15(19)17(2)11-4-5-11/h3,6-7,11,13H,4-5,8-9H2,1-2H3. The Labute approximate surface area is 139 Å². The third-order valence-electron chi connectivity index (χ3n) is 4.24. The summed E-state index contributed by atoms with van der Waals surface area (Å²) in [6.07, 6.45) is 1.92. The Morgan fingerprint density at radius 3 is 2.74 bits per heavy atom. The molecule has 1 unspecified atom stereocenters. The number of benzene rings is 1. The molecule has 1 aliphatic heterocycles. The van der Waals surface area contributed by atoms with Crippen LogP contribution in [0.25, 0.3) is 0 Å². The van der Waals surface area contributed by atoms with Crippen LogP contribution in [0.1, 0.15) is 18.4 Å². The van der Waals surface area contributed by atoms with Gasteiger partial charge in [-0.3, -0.25) is 4.79 Å². The monoisotopic (exact) mass is 358 g/mol. The molecule has 2 fully saturated rings. The molecule has 0 bridgehead atoms. The summed E-state index contributed by atoms with van der Waals surface area (Å²) in [5.41, 5.74) is 0.662. The molecule has 8 heteroatoms. The van der Waals surface area contributed by atoms with Crippen molar-refractivity contribution >= 4 is 27.7 Å². The molecule has 0 aromatic heterocycles. The number of halogens is 1. The zero-order valence-electron chi connectivity index (χ0n) is 13.0. The Morgan fingerprint density at radius 2 is 2.09 bits per heavy atom. The van der Waals surface area contributed by atoms with E-state index in [9.17, 15) is 17.6 Å². The number of hydrogen-bond acceptors (Lipinski definition) is 4. The molecule has 1 heterocycles. The van der Waals surface area contributed by atoms with Gasteiger partial charge in [-0.25, -0.2) is 12.8 Å². The second-order valence-corrected chi connectivity index (χ2v) is 8.88. The lowest BCUT2D eigenvalue weighted by molar-refractivity contribution is -0.133. The van der Waals surface area contributed by atoms with Gasteiger partial charge in [0.2, 0.25) is 15.9 Å². The average Bonchev–Trinajstić information content (AvgIpc) is 3.24. The predicted octanol–water partition coefficient (Wildman–Crippen LogP) is 1.82. The lowest BCUT2D eigenvalue weighted by Gasteiger charge is -2.27. The molecule has 1 saturated heterocycles. The van der Waals surface area contributed by atoms with Crippen LogP contribution in [0.5, 0.6) is 0 Å². The molecule has 1 atom stereocenters. The van der Waals surface area contributed by atoms with Gasteiger partial charge >= 0.3 is 0 Å². The number of carbonyl (C=O) groups excluding carboxylic acids is 1. The first-order valence-corrected chi connectivity index (χ1v) is 10.0. The van der Waals surface area contributed by atoms with Gasteiger partial charge in [0.1, 0.15) is 16.8 Å². The van der Waals surface area contributed by atoms with E-state index in [-0.39, 0.29) is 22.7 Å². The van der Waals surface area contributed by atoms with E-state index in [1.165, 1.54) is 23.9 Å². The first-order valence-electron chi connectivity index (χ1n) is 7.45. The number of thioether (sulfide) groups is 1. The molecule has 1 aromatic carbocycles. The van der Waals surface area contributed by atoms with E-state index in [2.05, 4.69) is 0 Å². The number of nitrogens with zero attached hydrogens (tertiary/aromatic N) is 2. The molecular weight excluding hydrogens is 339 g/mol. The predicted molar refractivity (Wildman–Crippen MR) is 87.1 cm³/mol. The number of sulfonamides is 1. The maximum atomic E-state index is 14.0. The maximum absolute atomic E-state index is 14.0. The van der Waals surface area contributed by atoms with E-state index in [4.69, 9.17) is 0 Å². The van der Waals surface area contributed by atoms with Gasteiger partial charge < -0.3 is 4.90 Å². The summed E-state index contributed by atoms with van der Waals surface area (Å²) in [5, 5.41) is 0. The molecule has 2 aliphatic rings. The largest absolute Gasteiger partial charge is 0.341 e. The van der Waals surface area contributed by atoms with E-state index in [0.717, 1.165) is 23.2 Å². The van der Waals surface area contributed by atoms with Crippen molar-refractivity contribution in [3.8, 4) is 0 Å². The van der Waals surface area contributed by atoms with Crippen LogP contribution < -0.4 is 0 Å². The van der Waals surface area contributed by atoms with Gasteiger partial charge in [-0.15, -0.1) is 11.8 Å². The van der Waals surface area contributed by atoms with Gasteiger partial charge in [0.05, 0.1) is 5.88 Å². The Balaban J connectivity index is 1.91. The molecule has 0 spiro atoms. The van der Waals surface area contributed by atoms with Crippen molar-refractivity contribution in [2.24, 2.45) is 0 Å². The summed E-state index contributed by atoms with van der Waals surface area (Å²) in [7, 11) is -2.33. The highest BCUT2D eigenvalue weighted by Gasteiger charge is 2.44. The molecule has 5 nitrogen and oxygen atoms in total. The van der Waals surface area contributed by atoms with Gasteiger partial charge in [-0.05, 0) is 37.5 Å². The molecule has 0 radical (unpaired) electrons. The third-order valence-corrected chi connectivity index (χ3v) is 7.29. The van der Waals surface area contributed by atoms with Crippen LogP contribution in [0.3, 0.4) is 0 Å². The van der Waals surface area contributed by atoms with Gasteiger partial charge in [0.15, 0.2) is 0 Å². The maximum Gasteiger partial charge on any atom is 0.247 e. The Morgan fingerprint density at radius 1 is 1.39 bits per heavy atom. The van der Waals surface area contributed by atoms with Crippen LogP contribution in [0.4, 0.5) is 4.39 Å². The summed E-state index contributed by atoms with van der Waals surface area (Å²) >= 11 is 1.38. The molecule has 1 saturated carbocycles. The van der Waals surface area contributed by atoms with Crippen molar-refractivity contribution < 1.29 is 17.6 Å². The first-order chi connectivity index (χ1) is 10.8. The van der Waals surface area contributed by atoms with Gasteiger partial charge in [-0.1, -0.05) is 6.07 Å². The average molecular weight is 358 g/mol. The normalized spacial score (nSPS) is 22.3. The number of aryl methyl sites for hydroxylation is 1. The molecular formula is C15H19FN2O3S2. The van der Waals surface area contributed by atoms with Crippen LogP contribution in [0.2, 0.25) is 0 Å². The van der Waals surface area contributed by atoms with Crippen LogP contribution in [-0.4, -0.2) is 54.3 Å². The van der Waals surface area contributed by atoms with Crippen LogP contribution in [-0.2, 0) is 14.8 Å². The highest BCUT2D eigenvalue weighted by Crippen LogP contribution is 2.33. The number of hydrogen-bond donors (Lipinski definition) is 0. The lowest BCUT2D eigenvalue weighted by Crippen LogP contribution is -2.48. The molecule has 126 valence electrons. The minimum absolute atomic E-state index is 0.171. The minimum atomic E-state index is -4.03. The lowest BCUT2D eigenvalue weighted by atomic mass is 10.2. The number of carbonyl (C=O) groups is 1. The summed E-state index contributed by atoms with van der Waals surface area (Å²) < 4.78 is 40.8. The van der Waals surface area contributed by atoms with E-state index in [1.54, 1.807) is 18.9 Å². The molecule has 1 amide bonds. The second-order valence-electron chi connectivity index (χ2n) is 6.02. The fourth-order valence-electron chi connectivity index (χ4n) is 2.67. The molecule has 1 aliphatic carbocycles. The minimum Gasteiger partial charge on any atom is -0.341 e. The fraction of sp³-hybridized carbons (Fsp3) is 0.533. The van der Waals surface area contributed by atoms with E-state index >= 15 is 0 Å². The highest BCUT2D eigenvalue weighted by atomic mass is 32.2. The van der Waals surface area contributed by atoms with Crippen molar-refractivity contribution in [2.75, 3.05) is 18.7 Å². The van der Waals surface area contributed by atoms with Crippen molar-refractivity contribution in [3.05, 3.63) is 29.6 Å². The number of rotatable bonds is 4. The van der Waals surface area contributed by atoms with Crippen LogP contribution in [0.15, 0.2) is 23.1 Å². The van der Waals surface area contributed by atoms with Gasteiger partial charge in [0.25, 0.3) is 0 Å². The van der Waals surface area contributed by atoms with Crippen LogP contribution >= 0.6 is 11.8 Å². The smallest absolute Gasteiger partial charge is 0.247 e. The van der Waals surface area contributed by atoms with Gasteiger partial charge in [-0.2, -0.15) is 4.31 Å². The molecule has 1 aromatic rings. The number of likely N-dealkylation sites (N-methyl/N-ethyl adjacent to an activating group) is 1. The Hall–Kier alpha value is -1.12. The fourth-order valence-corrected chi connectivity index (χ4v) is 5.96. The summed E-state index contributed by atoms with van der Waals surface area (Å²) in [5.74, 6) is -0.406. The molecule has 23 heavy (non-hydrogen) atoms. The van der Waals surface area contributed by atoms with Crippen molar-refractivity contribution in [2.45, 2.75) is 36.7 Å². The summed E-state index contributed by atoms with van der Waals surface area (Å²) in [6, 6.07) is 3.46. The Bertz CT molecular complexity index is 734. The van der Waals surface area contributed by atoms with Crippen molar-refractivity contribution in [3.63, 3.8) is 0 Å². The van der Waals surface area contributed by atoms with Gasteiger partial charge in [0, 0.05) is 18.8 Å². The molecule has 0 N–H and O–H groups in total. The van der Waals surface area contributed by atoms with Crippen LogP contribution in [0, 0.1) is 12.7 Å². The third kappa shape index (κ3) is 3.12. The topological polar surface area (TPSA) is 57.7 Å². The zero-order chi connectivity index (χ0) is 16.8. The number of amides is 1. The van der Waals surface area contributed by atoms with Crippen molar-refractivity contribution in [1.29, 1.82) is 0 Å². The first kappa shape index (κ1) is 16.7. The van der Waals surface area contributed by atoms with E-state index < -0.39 is 21.9 Å². The summed E-state index contributed by atoms with van der Waals surface area (Å²) in [6.45, 7) is 1.71. The second kappa shape index (κ2) is 6.07.